The van der Waals surface area contributed by atoms with Gasteiger partial charge in [-0.05, 0) is 18.3 Å². The highest BCUT2D eigenvalue weighted by molar-refractivity contribution is 7.89. The minimum absolute atomic E-state index is 0.0609. The molecule has 0 aromatic heterocycles. The van der Waals surface area contributed by atoms with Crippen LogP contribution >= 0.6 is 11.6 Å². The molecule has 1 fully saturated rings. The summed E-state index contributed by atoms with van der Waals surface area (Å²) >= 11 is 5.73. The van der Waals surface area contributed by atoms with E-state index in [1.165, 1.54) is 0 Å². The van der Waals surface area contributed by atoms with Gasteiger partial charge in [-0.25, -0.2) is 13.1 Å². The normalized spacial score (nSPS) is 22.6. The van der Waals surface area contributed by atoms with Crippen molar-refractivity contribution in [3.8, 4) is 0 Å². The van der Waals surface area contributed by atoms with Crippen molar-refractivity contribution in [3.63, 3.8) is 0 Å². The molecule has 1 aliphatic rings. The first-order valence-electron chi connectivity index (χ1n) is 5.49. The third-order valence-electron chi connectivity index (χ3n) is 2.56. The highest BCUT2D eigenvalue weighted by Gasteiger charge is 2.25. The topological polar surface area (TPSA) is 55.4 Å². The Kier molecular flexibility index (Phi) is 5.04. The van der Waals surface area contributed by atoms with Crippen molar-refractivity contribution >= 4 is 21.6 Å². The number of rotatable bonds is 6. The molecule has 0 aromatic carbocycles. The summed E-state index contributed by atoms with van der Waals surface area (Å²) < 4.78 is 31.3. The van der Waals surface area contributed by atoms with E-state index in [1.807, 2.05) is 13.8 Å². The van der Waals surface area contributed by atoms with Crippen LogP contribution in [0.3, 0.4) is 0 Å². The van der Waals surface area contributed by atoms with Gasteiger partial charge in [-0.1, -0.05) is 13.8 Å². The number of alkyl halides is 1. The van der Waals surface area contributed by atoms with Crippen molar-refractivity contribution in [1.29, 1.82) is 0 Å². The fourth-order valence-electron chi connectivity index (χ4n) is 1.43. The molecule has 0 radical (unpaired) electrons. The van der Waals surface area contributed by atoms with Gasteiger partial charge in [-0.3, -0.25) is 0 Å². The van der Waals surface area contributed by atoms with Crippen molar-refractivity contribution in [3.05, 3.63) is 0 Å². The molecule has 0 saturated carbocycles. The molecule has 0 amide bonds. The molecule has 1 aliphatic heterocycles. The van der Waals surface area contributed by atoms with Crippen LogP contribution < -0.4 is 4.72 Å². The van der Waals surface area contributed by atoms with Crippen molar-refractivity contribution in [2.45, 2.75) is 32.8 Å². The summed E-state index contributed by atoms with van der Waals surface area (Å²) in [5.74, 6) is 0.487. The molecule has 1 N–H and O–H groups in total. The van der Waals surface area contributed by atoms with Crippen LogP contribution in [0.25, 0.3) is 0 Å². The van der Waals surface area contributed by atoms with Gasteiger partial charge in [0.2, 0.25) is 10.0 Å². The molecule has 0 spiro atoms. The lowest BCUT2D eigenvalue weighted by Gasteiger charge is -2.22. The molecule has 0 bridgehead atoms. The maximum atomic E-state index is 11.7. The second-order valence-corrected chi connectivity index (χ2v) is 7.15. The average Bonchev–Trinajstić information content (AvgIpc) is 2.67. The van der Waals surface area contributed by atoms with Crippen molar-refractivity contribution in [2.24, 2.45) is 5.41 Å². The summed E-state index contributed by atoms with van der Waals surface area (Å²) in [6.45, 7) is 4.89. The molecule has 96 valence electrons. The van der Waals surface area contributed by atoms with Gasteiger partial charge in [0.05, 0.1) is 11.9 Å². The average molecular weight is 270 g/mol. The van der Waals surface area contributed by atoms with E-state index in [0.717, 1.165) is 12.8 Å². The van der Waals surface area contributed by atoms with Gasteiger partial charge in [0.1, 0.15) is 0 Å². The van der Waals surface area contributed by atoms with Gasteiger partial charge in [0.15, 0.2) is 0 Å². The molecular weight excluding hydrogens is 250 g/mol. The van der Waals surface area contributed by atoms with Gasteiger partial charge < -0.3 is 4.74 Å². The SMILES string of the molecule is CC(C)(CCl)CNS(=O)(=O)CC1CCCO1. The highest BCUT2D eigenvalue weighted by Crippen LogP contribution is 2.17. The minimum atomic E-state index is -3.24. The summed E-state index contributed by atoms with van der Waals surface area (Å²) in [5.41, 5.74) is -0.217. The predicted octanol–water partition coefficient (Wildman–Crippen LogP) is 1.35. The number of nitrogens with one attached hydrogen (secondary N) is 1. The Bertz CT molecular complexity index is 310. The van der Waals surface area contributed by atoms with Crippen LogP contribution in [0, 0.1) is 5.41 Å². The maximum Gasteiger partial charge on any atom is 0.214 e. The Balaban J connectivity index is 2.39. The Morgan fingerprint density at radius 2 is 2.19 bits per heavy atom. The van der Waals surface area contributed by atoms with Gasteiger partial charge in [-0.15, -0.1) is 11.6 Å². The lowest BCUT2D eigenvalue weighted by atomic mass is 9.97. The molecule has 6 heteroatoms. The molecule has 1 rings (SSSR count). The van der Waals surface area contributed by atoms with E-state index in [9.17, 15) is 8.42 Å². The van der Waals surface area contributed by atoms with E-state index in [-0.39, 0.29) is 17.3 Å². The van der Waals surface area contributed by atoms with Gasteiger partial charge >= 0.3 is 0 Å². The van der Waals surface area contributed by atoms with Crippen molar-refractivity contribution in [1.82, 2.24) is 4.72 Å². The third-order valence-corrected chi connectivity index (χ3v) is 4.68. The first-order valence-corrected chi connectivity index (χ1v) is 7.68. The Hall–Kier alpha value is 0.160. The first kappa shape index (κ1) is 14.2. The van der Waals surface area contributed by atoms with Crippen molar-refractivity contribution < 1.29 is 13.2 Å². The van der Waals surface area contributed by atoms with Gasteiger partial charge in [0, 0.05) is 19.0 Å². The smallest absolute Gasteiger partial charge is 0.214 e. The zero-order valence-corrected chi connectivity index (χ0v) is 11.4. The maximum absolute atomic E-state index is 11.7. The van der Waals surface area contributed by atoms with Gasteiger partial charge in [-0.2, -0.15) is 0 Å². The van der Waals surface area contributed by atoms with Crippen LogP contribution in [0.15, 0.2) is 0 Å². The first-order chi connectivity index (χ1) is 7.35. The zero-order valence-electron chi connectivity index (χ0n) is 9.83. The summed E-state index contributed by atoms with van der Waals surface area (Å²) in [6, 6.07) is 0. The number of sulfonamides is 1. The Labute approximate surface area is 103 Å². The molecule has 1 heterocycles. The third kappa shape index (κ3) is 4.99. The van der Waals surface area contributed by atoms with E-state index in [1.54, 1.807) is 0 Å². The van der Waals surface area contributed by atoms with E-state index in [4.69, 9.17) is 16.3 Å². The fraction of sp³-hybridized carbons (Fsp3) is 1.00. The Morgan fingerprint density at radius 3 is 2.69 bits per heavy atom. The molecular formula is C10H20ClNO3S. The van der Waals surface area contributed by atoms with E-state index >= 15 is 0 Å². The summed E-state index contributed by atoms with van der Waals surface area (Å²) in [7, 11) is -3.24. The van der Waals surface area contributed by atoms with Crippen LogP contribution in [-0.4, -0.2) is 39.3 Å². The standard InChI is InChI=1S/C10H20ClNO3S/c1-10(2,7-11)8-12-16(13,14)6-9-4-3-5-15-9/h9,12H,3-8H2,1-2H3. The molecule has 0 aromatic rings. The molecule has 4 nitrogen and oxygen atoms in total. The van der Waals surface area contributed by atoms with E-state index in [2.05, 4.69) is 4.72 Å². The van der Waals surface area contributed by atoms with E-state index in [0.29, 0.717) is 19.0 Å². The largest absolute Gasteiger partial charge is 0.377 e. The molecule has 0 aliphatic carbocycles. The zero-order chi connectivity index (χ0) is 12.2. The minimum Gasteiger partial charge on any atom is -0.377 e. The summed E-state index contributed by atoms with van der Waals surface area (Å²) in [5, 5.41) is 0. The Morgan fingerprint density at radius 1 is 1.50 bits per heavy atom. The lowest BCUT2D eigenvalue weighted by Crippen LogP contribution is -2.38. The molecule has 1 saturated heterocycles. The highest BCUT2D eigenvalue weighted by atomic mass is 35.5. The quantitative estimate of drug-likeness (QED) is 0.741. The monoisotopic (exact) mass is 269 g/mol. The molecule has 1 unspecified atom stereocenters. The fourth-order valence-corrected chi connectivity index (χ4v) is 3.01. The van der Waals surface area contributed by atoms with Crippen LogP contribution in [0.1, 0.15) is 26.7 Å². The molecule has 16 heavy (non-hydrogen) atoms. The van der Waals surface area contributed by atoms with Crippen LogP contribution in [-0.2, 0) is 14.8 Å². The number of ether oxygens (including phenoxy) is 1. The van der Waals surface area contributed by atoms with Crippen LogP contribution in [0.4, 0.5) is 0 Å². The second kappa shape index (κ2) is 5.67. The van der Waals surface area contributed by atoms with Crippen LogP contribution in [0.5, 0.6) is 0 Å². The number of hydrogen-bond donors (Lipinski definition) is 1. The van der Waals surface area contributed by atoms with Gasteiger partial charge in [0.25, 0.3) is 0 Å². The predicted molar refractivity (Wildman–Crippen MR) is 65.3 cm³/mol. The summed E-state index contributed by atoms with van der Waals surface area (Å²) in [6.07, 6.45) is 1.64. The number of hydrogen-bond acceptors (Lipinski definition) is 3. The number of halogens is 1. The summed E-state index contributed by atoms with van der Waals surface area (Å²) in [4.78, 5) is 0. The second-order valence-electron chi connectivity index (χ2n) is 5.04. The molecule has 1 atom stereocenters. The van der Waals surface area contributed by atoms with Crippen LogP contribution in [0.2, 0.25) is 0 Å². The van der Waals surface area contributed by atoms with Crippen molar-refractivity contribution in [2.75, 3.05) is 24.8 Å². The van der Waals surface area contributed by atoms with E-state index < -0.39 is 10.0 Å². The lowest BCUT2D eigenvalue weighted by molar-refractivity contribution is 0.127.